The van der Waals surface area contributed by atoms with Crippen LogP contribution in [-0.4, -0.2) is 23.3 Å². The minimum Gasteiger partial charge on any atom is -0.497 e. The first-order valence-corrected chi connectivity index (χ1v) is 10.5. The summed E-state index contributed by atoms with van der Waals surface area (Å²) in [6.45, 7) is 5.74. The maximum Gasteiger partial charge on any atom is 0.141 e. The highest BCUT2D eigenvalue weighted by Crippen LogP contribution is 2.27. The molecule has 0 saturated carbocycles. The Morgan fingerprint density at radius 3 is 2.50 bits per heavy atom. The Bertz CT molecular complexity index is 1120. The Labute approximate surface area is 178 Å². The molecule has 4 aromatic rings. The average Bonchev–Trinajstić information content (AvgIpc) is 3.18. The molecule has 0 N–H and O–H groups in total. The first-order valence-electron chi connectivity index (χ1n) is 10.5. The van der Waals surface area contributed by atoms with Gasteiger partial charge < -0.3 is 14.0 Å². The van der Waals surface area contributed by atoms with Crippen LogP contribution in [0.15, 0.2) is 72.8 Å². The van der Waals surface area contributed by atoms with Crippen LogP contribution < -0.4 is 9.47 Å². The molecule has 0 fully saturated rings. The summed E-state index contributed by atoms with van der Waals surface area (Å²) in [5.74, 6) is 3.21. The van der Waals surface area contributed by atoms with Crippen molar-refractivity contribution < 1.29 is 9.47 Å². The molecule has 0 bridgehead atoms. The van der Waals surface area contributed by atoms with Crippen LogP contribution in [0.25, 0.3) is 22.4 Å². The topological polar surface area (TPSA) is 36.3 Å². The Morgan fingerprint density at radius 1 is 0.933 bits per heavy atom. The first kappa shape index (κ1) is 20.0. The quantitative estimate of drug-likeness (QED) is 0.348. The maximum atomic E-state index is 6.06. The van der Waals surface area contributed by atoms with Gasteiger partial charge in [-0.15, -0.1) is 0 Å². The molecule has 30 heavy (non-hydrogen) atoms. The van der Waals surface area contributed by atoms with Crippen molar-refractivity contribution in [3.05, 3.63) is 78.4 Å². The molecule has 0 spiro atoms. The number of aromatic nitrogens is 2. The van der Waals surface area contributed by atoms with Crippen molar-refractivity contribution in [1.29, 1.82) is 0 Å². The predicted molar refractivity (Wildman–Crippen MR) is 122 cm³/mol. The van der Waals surface area contributed by atoms with Gasteiger partial charge in [0.2, 0.25) is 0 Å². The first-order chi connectivity index (χ1) is 14.7. The second-order valence-electron chi connectivity index (χ2n) is 7.53. The number of hydrogen-bond donors (Lipinski definition) is 0. The summed E-state index contributed by atoms with van der Waals surface area (Å²) in [4.78, 5) is 4.88. The Morgan fingerprint density at radius 2 is 1.73 bits per heavy atom. The van der Waals surface area contributed by atoms with Gasteiger partial charge in [-0.25, -0.2) is 4.98 Å². The minimum atomic E-state index is 0.569. The lowest BCUT2D eigenvalue weighted by Gasteiger charge is -2.13. The molecule has 4 nitrogen and oxygen atoms in total. The number of fused-ring (bicyclic) bond motifs is 1. The highest BCUT2D eigenvalue weighted by Gasteiger charge is 2.13. The summed E-state index contributed by atoms with van der Waals surface area (Å²) in [5, 5.41) is 0. The summed E-state index contributed by atoms with van der Waals surface area (Å²) in [7, 11) is 1.68. The number of nitrogens with zero attached hydrogens (tertiary/aromatic N) is 2. The van der Waals surface area contributed by atoms with E-state index in [1.165, 1.54) is 5.56 Å². The number of para-hydroxylation sites is 2. The molecule has 4 rings (SSSR count). The summed E-state index contributed by atoms with van der Waals surface area (Å²) in [5.41, 5.74) is 4.47. The lowest BCUT2D eigenvalue weighted by Crippen LogP contribution is -2.09. The van der Waals surface area contributed by atoms with Crippen molar-refractivity contribution in [2.24, 2.45) is 0 Å². The molecule has 4 heteroatoms. The van der Waals surface area contributed by atoms with Gasteiger partial charge in [0, 0.05) is 5.56 Å². The standard InChI is InChI=1S/C26H28N2O2/c1-4-19(2)20-12-14-22(15-13-20)30-17-16-28-25-11-6-5-10-24(25)27-26(28)21-8-7-9-23(18-21)29-3/h5-15,18-19H,4,16-17H2,1-3H3. The van der Waals surface area contributed by atoms with E-state index in [0.29, 0.717) is 19.1 Å². The summed E-state index contributed by atoms with van der Waals surface area (Å²) in [6.07, 6.45) is 1.14. The van der Waals surface area contributed by atoms with Gasteiger partial charge in [-0.05, 0) is 54.3 Å². The summed E-state index contributed by atoms with van der Waals surface area (Å²) >= 11 is 0. The van der Waals surface area contributed by atoms with E-state index < -0.39 is 0 Å². The molecule has 1 aromatic heterocycles. The lowest BCUT2D eigenvalue weighted by molar-refractivity contribution is 0.300. The van der Waals surface area contributed by atoms with E-state index in [9.17, 15) is 0 Å². The van der Waals surface area contributed by atoms with E-state index in [-0.39, 0.29) is 0 Å². The predicted octanol–water partition coefficient (Wildman–Crippen LogP) is 6.30. The smallest absolute Gasteiger partial charge is 0.141 e. The Hall–Kier alpha value is -3.27. The highest BCUT2D eigenvalue weighted by molar-refractivity contribution is 5.80. The molecule has 1 atom stereocenters. The fourth-order valence-electron chi connectivity index (χ4n) is 3.67. The van der Waals surface area contributed by atoms with Gasteiger partial charge in [0.1, 0.15) is 23.9 Å². The third kappa shape index (κ3) is 4.18. The number of hydrogen-bond acceptors (Lipinski definition) is 3. The lowest BCUT2D eigenvalue weighted by atomic mass is 9.99. The molecule has 0 aliphatic heterocycles. The van der Waals surface area contributed by atoms with Crippen molar-refractivity contribution in [2.45, 2.75) is 32.7 Å². The summed E-state index contributed by atoms with van der Waals surface area (Å²) < 4.78 is 13.7. The van der Waals surface area contributed by atoms with Crippen molar-refractivity contribution >= 4 is 11.0 Å². The Kier molecular flexibility index (Phi) is 6.03. The van der Waals surface area contributed by atoms with E-state index in [1.54, 1.807) is 7.11 Å². The second-order valence-corrected chi connectivity index (χ2v) is 7.53. The van der Waals surface area contributed by atoms with Crippen LogP contribution in [0, 0.1) is 0 Å². The van der Waals surface area contributed by atoms with Crippen LogP contribution in [0.4, 0.5) is 0 Å². The largest absolute Gasteiger partial charge is 0.497 e. The van der Waals surface area contributed by atoms with E-state index in [0.717, 1.165) is 40.3 Å². The van der Waals surface area contributed by atoms with Crippen molar-refractivity contribution in [2.75, 3.05) is 13.7 Å². The van der Waals surface area contributed by atoms with Crippen LogP contribution in [0.5, 0.6) is 11.5 Å². The number of rotatable bonds is 8. The van der Waals surface area contributed by atoms with Gasteiger partial charge in [-0.3, -0.25) is 0 Å². The SMILES string of the molecule is CCC(C)c1ccc(OCCn2c(-c3cccc(OC)c3)nc3ccccc32)cc1. The highest BCUT2D eigenvalue weighted by atomic mass is 16.5. The van der Waals surface area contributed by atoms with Gasteiger partial charge in [0.15, 0.2) is 0 Å². The molecule has 0 saturated heterocycles. The minimum absolute atomic E-state index is 0.569. The fraction of sp³-hybridized carbons (Fsp3) is 0.269. The normalized spacial score (nSPS) is 12.1. The summed E-state index contributed by atoms with van der Waals surface area (Å²) in [6, 6.07) is 24.7. The van der Waals surface area contributed by atoms with Gasteiger partial charge in [0.25, 0.3) is 0 Å². The number of benzene rings is 3. The third-order valence-corrected chi connectivity index (χ3v) is 5.63. The average molecular weight is 401 g/mol. The van der Waals surface area contributed by atoms with Crippen LogP contribution in [-0.2, 0) is 6.54 Å². The second kappa shape index (κ2) is 9.04. The molecule has 0 aliphatic carbocycles. The fourth-order valence-corrected chi connectivity index (χ4v) is 3.67. The van der Waals surface area contributed by atoms with Crippen LogP contribution in [0.2, 0.25) is 0 Å². The molecule has 0 amide bonds. The number of imidazole rings is 1. The molecule has 0 aliphatic rings. The molecule has 154 valence electrons. The van der Waals surface area contributed by atoms with E-state index >= 15 is 0 Å². The monoisotopic (exact) mass is 400 g/mol. The molecule has 0 radical (unpaired) electrons. The zero-order valence-corrected chi connectivity index (χ0v) is 17.8. The van der Waals surface area contributed by atoms with Crippen molar-refractivity contribution in [3.8, 4) is 22.9 Å². The van der Waals surface area contributed by atoms with E-state index in [4.69, 9.17) is 14.5 Å². The van der Waals surface area contributed by atoms with Crippen molar-refractivity contribution in [3.63, 3.8) is 0 Å². The van der Waals surface area contributed by atoms with Gasteiger partial charge in [-0.2, -0.15) is 0 Å². The van der Waals surface area contributed by atoms with Gasteiger partial charge >= 0.3 is 0 Å². The van der Waals surface area contributed by atoms with Gasteiger partial charge in [-0.1, -0.05) is 50.2 Å². The zero-order valence-electron chi connectivity index (χ0n) is 17.8. The molecule has 1 heterocycles. The van der Waals surface area contributed by atoms with Crippen molar-refractivity contribution in [1.82, 2.24) is 9.55 Å². The Balaban J connectivity index is 1.56. The molecule has 1 unspecified atom stereocenters. The zero-order chi connectivity index (χ0) is 20.9. The third-order valence-electron chi connectivity index (χ3n) is 5.63. The van der Waals surface area contributed by atoms with Crippen LogP contribution in [0.3, 0.4) is 0 Å². The number of methoxy groups -OCH3 is 1. The maximum absolute atomic E-state index is 6.06. The van der Waals surface area contributed by atoms with Crippen LogP contribution in [0.1, 0.15) is 31.7 Å². The molecular weight excluding hydrogens is 372 g/mol. The van der Waals surface area contributed by atoms with Gasteiger partial charge in [0.05, 0.1) is 24.7 Å². The molecular formula is C26H28N2O2. The number of ether oxygens (including phenoxy) is 2. The molecule has 3 aromatic carbocycles. The van der Waals surface area contributed by atoms with Crippen LogP contribution >= 0.6 is 0 Å². The van der Waals surface area contributed by atoms with E-state index in [2.05, 4.69) is 54.8 Å². The van der Waals surface area contributed by atoms with E-state index in [1.807, 2.05) is 36.4 Å².